The van der Waals surface area contributed by atoms with Crippen LogP contribution in [0.25, 0.3) is 0 Å². The standard InChI is InChI=1S/C12H18N2O3/c1-8-3-4-11(13)10(5-8)12(16)14-6-9(15)7-17-2/h3-5,9,15H,6-7,13H2,1-2H3,(H,14,16). The lowest BCUT2D eigenvalue weighted by Crippen LogP contribution is -2.34. The molecule has 0 aliphatic carbocycles. The second-order valence-corrected chi connectivity index (χ2v) is 3.91. The molecule has 1 unspecified atom stereocenters. The molecule has 1 atom stereocenters. The van der Waals surface area contributed by atoms with E-state index in [1.54, 1.807) is 12.1 Å². The number of nitrogen functional groups attached to an aromatic ring is 1. The number of hydrogen-bond acceptors (Lipinski definition) is 4. The summed E-state index contributed by atoms with van der Waals surface area (Å²) < 4.78 is 4.76. The van der Waals surface area contributed by atoms with Gasteiger partial charge in [0.25, 0.3) is 5.91 Å². The maximum absolute atomic E-state index is 11.8. The zero-order chi connectivity index (χ0) is 12.8. The number of amides is 1. The van der Waals surface area contributed by atoms with Crippen molar-refractivity contribution in [3.63, 3.8) is 0 Å². The van der Waals surface area contributed by atoms with E-state index in [0.29, 0.717) is 11.3 Å². The highest BCUT2D eigenvalue weighted by atomic mass is 16.5. The second-order valence-electron chi connectivity index (χ2n) is 3.91. The fourth-order valence-corrected chi connectivity index (χ4v) is 1.42. The van der Waals surface area contributed by atoms with Gasteiger partial charge in [0.1, 0.15) is 0 Å². The quantitative estimate of drug-likeness (QED) is 0.645. The Morgan fingerprint density at radius 1 is 1.59 bits per heavy atom. The Labute approximate surface area is 101 Å². The summed E-state index contributed by atoms with van der Waals surface area (Å²) >= 11 is 0. The lowest BCUT2D eigenvalue weighted by molar-refractivity contribution is 0.0610. The molecule has 0 aliphatic rings. The fraction of sp³-hybridized carbons (Fsp3) is 0.417. The molecule has 1 aromatic rings. The minimum Gasteiger partial charge on any atom is -0.398 e. The van der Waals surface area contributed by atoms with E-state index in [4.69, 9.17) is 10.5 Å². The van der Waals surface area contributed by atoms with Crippen molar-refractivity contribution in [2.75, 3.05) is 26.0 Å². The Kier molecular flexibility index (Phi) is 4.93. The molecular formula is C12H18N2O3. The van der Waals surface area contributed by atoms with Crippen LogP contribution in [0.5, 0.6) is 0 Å². The number of benzene rings is 1. The minimum atomic E-state index is -0.713. The molecule has 0 radical (unpaired) electrons. The number of aryl methyl sites for hydroxylation is 1. The first-order chi connectivity index (χ1) is 8.04. The molecule has 0 spiro atoms. The van der Waals surface area contributed by atoms with Crippen molar-refractivity contribution in [2.45, 2.75) is 13.0 Å². The van der Waals surface area contributed by atoms with Crippen LogP contribution in [0.3, 0.4) is 0 Å². The van der Waals surface area contributed by atoms with Gasteiger partial charge in [-0.1, -0.05) is 11.6 Å². The van der Waals surface area contributed by atoms with Crippen LogP contribution < -0.4 is 11.1 Å². The topological polar surface area (TPSA) is 84.6 Å². The molecule has 0 bridgehead atoms. The van der Waals surface area contributed by atoms with Gasteiger partial charge in [0, 0.05) is 19.3 Å². The van der Waals surface area contributed by atoms with Crippen molar-refractivity contribution >= 4 is 11.6 Å². The summed E-state index contributed by atoms with van der Waals surface area (Å²) in [6.45, 7) is 2.21. The number of nitrogens with one attached hydrogen (secondary N) is 1. The number of nitrogens with two attached hydrogens (primary N) is 1. The largest absolute Gasteiger partial charge is 0.398 e. The van der Waals surface area contributed by atoms with Crippen LogP contribution in [0.4, 0.5) is 5.69 Å². The number of carbonyl (C=O) groups is 1. The van der Waals surface area contributed by atoms with Crippen LogP contribution in [0, 0.1) is 6.92 Å². The molecule has 5 nitrogen and oxygen atoms in total. The smallest absolute Gasteiger partial charge is 0.253 e. The number of hydrogen-bond donors (Lipinski definition) is 3. The first-order valence-corrected chi connectivity index (χ1v) is 5.36. The van der Waals surface area contributed by atoms with E-state index in [-0.39, 0.29) is 19.1 Å². The highest BCUT2D eigenvalue weighted by molar-refractivity contribution is 5.99. The second kappa shape index (κ2) is 6.22. The number of carbonyl (C=O) groups excluding carboxylic acids is 1. The zero-order valence-electron chi connectivity index (χ0n) is 10.1. The van der Waals surface area contributed by atoms with Gasteiger partial charge >= 0.3 is 0 Å². The SMILES string of the molecule is COCC(O)CNC(=O)c1cc(C)ccc1N. The van der Waals surface area contributed by atoms with E-state index in [0.717, 1.165) is 5.56 Å². The van der Waals surface area contributed by atoms with E-state index in [9.17, 15) is 9.90 Å². The number of ether oxygens (including phenoxy) is 1. The molecule has 0 saturated carbocycles. The minimum absolute atomic E-state index is 0.139. The zero-order valence-corrected chi connectivity index (χ0v) is 10.1. The molecule has 94 valence electrons. The Balaban J connectivity index is 2.61. The van der Waals surface area contributed by atoms with Crippen molar-refractivity contribution in [1.29, 1.82) is 0 Å². The molecule has 1 aromatic carbocycles. The lowest BCUT2D eigenvalue weighted by Gasteiger charge is -2.12. The fourth-order valence-electron chi connectivity index (χ4n) is 1.42. The highest BCUT2D eigenvalue weighted by Crippen LogP contribution is 2.13. The summed E-state index contributed by atoms with van der Waals surface area (Å²) in [4.78, 5) is 11.8. The molecule has 4 N–H and O–H groups in total. The first-order valence-electron chi connectivity index (χ1n) is 5.36. The molecule has 0 fully saturated rings. The first kappa shape index (κ1) is 13.5. The normalized spacial score (nSPS) is 12.2. The predicted octanol–water partition coefficient (Wildman–Crippen LogP) is 0.314. The summed E-state index contributed by atoms with van der Waals surface area (Å²) in [5.74, 6) is -0.290. The van der Waals surface area contributed by atoms with E-state index >= 15 is 0 Å². The Bertz CT molecular complexity index is 393. The van der Waals surface area contributed by atoms with Crippen LogP contribution in [-0.4, -0.2) is 37.4 Å². The Morgan fingerprint density at radius 2 is 2.29 bits per heavy atom. The molecular weight excluding hydrogens is 220 g/mol. The Morgan fingerprint density at radius 3 is 2.94 bits per heavy atom. The van der Waals surface area contributed by atoms with Gasteiger partial charge in [-0.05, 0) is 19.1 Å². The van der Waals surface area contributed by atoms with Gasteiger partial charge in [-0.3, -0.25) is 4.79 Å². The summed E-state index contributed by atoms with van der Waals surface area (Å²) in [5.41, 5.74) is 7.52. The average molecular weight is 238 g/mol. The van der Waals surface area contributed by atoms with Gasteiger partial charge in [0.05, 0.1) is 18.3 Å². The molecule has 0 saturated heterocycles. The highest BCUT2D eigenvalue weighted by Gasteiger charge is 2.11. The third-order valence-electron chi connectivity index (χ3n) is 2.31. The number of methoxy groups -OCH3 is 1. The number of aliphatic hydroxyl groups excluding tert-OH is 1. The monoisotopic (exact) mass is 238 g/mol. The van der Waals surface area contributed by atoms with Crippen LogP contribution in [-0.2, 0) is 4.74 Å². The third-order valence-corrected chi connectivity index (χ3v) is 2.31. The summed E-state index contributed by atoms with van der Waals surface area (Å²) in [5, 5.41) is 12.0. The van der Waals surface area contributed by atoms with Crippen molar-refractivity contribution < 1.29 is 14.6 Å². The van der Waals surface area contributed by atoms with Gasteiger partial charge in [-0.2, -0.15) is 0 Å². The van der Waals surface area contributed by atoms with Gasteiger partial charge in [-0.15, -0.1) is 0 Å². The van der Waals surface area contributed by atoms with Gasteiger partial charge in [-0.25, -0.2) is 0 Å². The van der Waals surface area contributed by atoms with Gasteiger partial charge < -0.3 is 20.9 Å². The molecule has 0 aromatic heterocycles. The van der Waals surface area contributed by atoms with Crippen LogP contribution in [0.2, 0.25) is 0 Å². The van der Waals surface area contributed by atoms with Crippen LogP contribution in [0.15, 0.2) is 18.2 Å². The average Bonchev–Trinajstić information content (AvgIpc) is 2.29. The van der Waals surface area contributed by atoms with Crippen molar-refractivity contribution in [1.82, 2.24) is 5.32 Å². The molecule has 5 heteroatoms. The van der Waals surface area contributed by atoms with Gasteiger partial charge in [0.15, 0.2) is 0 Å². The maximum atomic E-state index is 11.8. The van der Waals surface area contributed by atoms with E-state index in [1.165, 1.54) is 7.11 Å². The molecule has 1 rings (SSSR count). The van der Waals surface area contributed by atoms with Crippen molar-refractivity contribution in [3.05, 3.63) is 29.3 Å². The number of rotatable bonds is 5. The van der Waals surface area contributed by atoms with Crippen molar-refractivity contribution in [3.8, 4) is 0 Å². The predicted molar refractivity (Wildman–Crippen MR) is 65.8 cm³/mol. The van der Waals surface area contributed by atoms with Gasteiger partial charge in [0.2, 0.25) is 0 Å². The van der Waals surface area contributed by atoms with Crippen LogP contribution >= 0.6 is 0 Å². The Hall–Kier alpha value is -1.59. The lowest BCUT2D eigenvalue weighted by atomic mass is 10.1. The van der Waals surface area contributed by atoms with E-state index < -0.39 is 6.10 Å². The van der Waals surface area contributed by atoms with Crippen molar-refractivity contribution in [2.24, 2.45) is 0 Å². The van der Waals surface area contributed by atoms with E-state index in [2.05, 4.69) is 5.32 Å². The number of anilines is 1. The van der Waals surface area contributed by atoms with Crippen LogP contribution in [0.1, 0.15) is 15.9 Å². The summed E-state index contributed by atoms with van der Waals surface area (Å²) in [7, 11) is 1.49. The summed E-state index contributed by atoms with van der Waals surface area (Å²) in [6, 6.07) is 5.25. The third kappa shape index (κ3) is 4.05. The van der Waals surface area contributed by atoms with E-state index in [1.807, 2.05) is 13.0 Å². The maximum Gasteiger partial charge on any atom is 0.253 e. The molecule has 1 amide bonds. The number of aliphatic hydroxyl groups is 1. The molecule has 17 heavy (non-hydrogen) atoms. The molecule has 0 heterocycles. The summed E-state index contributed by atoms with van der Waals surface area (Å²) in [6.07, 6.45) is -0.713. The molecule has 0 aliphatic heterocycles.